The second-order valence-electron chi connectivity index (χ2n) is 6.83. The number of nitrogens with zero attached hydrogens (tertiary/aromatic N) is 3. The van der Waals surface area contributed by atoms with Gasteiger partial charge in [-0.3, -0.25) is 4.98 Å². The molecule has 1 aliphatic heterocycles. The first-order valence-electron chi connectivity index (χ1n) is 9.13. The van der Waals surface area contributed by atoms with E-state index in [2.05, 4.69) is 27.2 Å². The first-order chi connectivity index (χ1) is 13.2. The molecule has 3 aromatic rings. The highest BCUT2D eigenvalue weighted by Gasteiger charge is 2.19. The van der Waals surface area contributed by atoms with Crippen LogP contribution in [-0.4, -0.2) is 54.2 Å². The number of hydrogen-bond acceptors (Lipinski definition) is 6. The predicted octanol–water partition coefficient (Wildman–Crippen LogP) is 2.60. The molecule has 0 bridgehead atoms. The minimum Gasteiger partial charge on any atom is -0.464 e. The van der Waals surface area contributed by atoms with E-state index in [1.807, 2.05) is 24.4 Å². The number of esters is 1. The number of carbonyl (C=O) groups excluding carboxylic acids is 1. The number of piperidine rings is 1. The molecule has 0 unspecified atom stereocenters. The van der Waals surface area contributed by atoms with Gasteiger partial charge in [0, 0.05) is 29.6 Å². The van der Waals surface area contributed by atoms with Gasteiger partial charge in [-0.2, -0.15) is 0 Å². The van der Waals surface area contributed by atoms with E-state index in [0.717, 1.165) is 53.9 Å². The number of benzene rings is 1. The van der Waals surface area contributed by atoms with E-state index in [-0.39, 0.29) is 5.97 Å². The van der Waals surface area contributed by atoms with Crippen LogP contribution in [0.5, 0.6) is 0 Å². The van der Waals surface area contributed by atoms with Crippen LogP contribution in [0.1, 0.15) is 23.3 Å². The number of aromatic amines is 1. The molecule has 7 heteroatoms. The van der Waals surface area contributed by atoms with E-state index in [0.29, 0.717) is 11.7 Å². The number of aromatic nitrogens is 3. The molecule has 0 atom stereocenters. The zero-order valence-electron chi connectivity index (χ0n) is 15.5. The third-order valence-electron chi connectivity index (χ3n) is 5.16. The van der Waals surface area contributed by atoms with Gasteiger partial charge in [0.1, 0.15) is 11.5 Å². The summed E-state index contributed by atoms with van der Waals surface area (Å²) >= 11 is 0. The topological polar surface area (TPSA) is 83.1 Å². The average molecular weight is 365 g/mol. The van der Waals surface area contributed by atoms with Crippen molar-refractivity contribution in [3.63, 3.8) is 0 Å². The summed E-state index contributed by atoms with van der Waals surface area (Å²) in [6.45, 7) is 2.07. The highest BCUT2D eigenvalue weighted by Crippen LogP contribution is 2.26. The lowest BCUT2D eigenvalue weighted by Gasteiger charge is -2.32. The van der Waals surface area contributed by atoms with Crippen LogP contribution < -0.4 is 10.2 Å². The summed E-state index contributed by atoms with van der Waals surface area (Å²) in [5.41, 5.74) is 3.10. The Balaban J connectivity index is 1.63. The Labute approximate surface area is 157 Å². The van der Waals surface area contributed by atoms with Crippen molar-refractivity contribution in [2.24, 2.45) is 0 Å². The Kier molecular flexibility index (Phi) is 4.77. The maximum absolute atomic E-state index is 11.7. The minimum atomic E-state index is -0.377. The number of nitrogens with one attached hydrogen (secondary N) is 2. The minimum absolute atomic E-state index is 0.377. The summed E-state index contributed by atoms with van der Waals surface area (Å²) < 4.78 is 4.78. The van der Waals surface area contributed by atoms with Crippen LogP contribution in [0.3, 0.4) is 0 Å². The van der Waals surface area contributed by atoms with Crippen molar-refractivity contribution >= 4 is 22.7 Å². The van der Waals surface area contributed by atoms with Crippen molar-refractivity contribution in [2.75, 3.05) is 32.1 Å². The second-order valence-corrected chi connectivity index (χ2v) is 6.83. The van der Waals surface area contributed by atoms with Gasteiger partial charge in [0.15, 0.2) is 0 Å². The summed E-state index contributed by atoms with van der Waals surface area (Å²) in [6.07, 6.45) is 5.80. The van der Waals surface area contributed by atoms with Crippen LogP contribution in [0.25, 0.3) is 22.2 Å². The number of hydrogen-bond donors (Lipinski definition) is 2. The molecule has 3 heterocycles. The van der Waals surface area contributed by atoms with E-state index < -0.39 is 0 Å². The van der Waals surface area contributed by atoms with E-state index >= 15 is 0 Å². The summed E-state index contributed by atoms with van der Waals surface area (Å²) in [7, 11) is 3.46. The smallest absolute Gasteiger partial charge is 0.354 e. The predicted molar refractivity (Wildman–Crippen MR) is 105 cm³/mol. The Morgan fingerprint density at radius 2 is 2.04 bits per heavy atom. The van der Waals surface area contributed by atoms with Gasteiger partial charge in [-0.1, -0.05) is 6.07 Å². The van der Waals surface area contributed by atoms with Crippen molar-refractivity contribution < 1.29 is 9.53 Å². The monoisotopic (exact) mass is 365 g/mol. The van der Waals surface area contributed by atoms with Gasteiger partial charge in [0.25, 0.3) is 0 Å². The molecule has 0 saturated carbocycles. The molecule has 27 heavy (non-hydrogen) atoms. The van der Waals surface area contributed by atoms with E-state index in [1.54, 1.807) is 12.3 Å². The van der Waals surface area contributed by atoms with Crippen LogP contribution in [-0.2, 0) is 4.74 Å². The van der Waals surface area contributed by atoms with Crippen LogP contribution in [0, 0.1) is 0 Å². The van der Waals surface area contributed by atoms with Gasteiger partial charge >= 0.3 is 5.97 Å². The average Bonchev–Trinajstić information content (AvgIpc) is 3.16. The summed E-state index contributed by atoms with van der Waals surface area (Å²) in [4.78, 5) is 26.2. The Morgan fingerprint density at radius 3 is 2.81 bits per heavy atom. The molecule has 0 spiro atoms. The lowest BCUT2D eigenvalue weighted by Crippen LogP contribution is -2.41. The Hall–Kier alpha value is -2.93. The third kappa shape index (κ3) is 3.50. The second kappa shape index (κ2) is 7.36. The van der Waals surface area contributed by atoms with Gasteiger partial charge in [0.05, 0.1) is 25.2 Å². The molecule has 0 amide bonds. The van der Waals surface area contributed by atoms with E-state index in [4.69, 9.17) is 9.72 Å². The van der Waals surface area contributed by atoms with Crippen LogP contribution in [0.2, 0.25) is 0 Å². The van der Waals surface area contributed by atoms with Crippen molar-refractivity contribution in [3.05, 3.63) is 42.4 Å². The number of anilines is 1. The van der Waals surface area contributed by atoms with Crippen LogP contribution >= 0.6 is 0 Å². The first-order valence-corrected chi connectivity index (χ1v) is 9.13. The summed E-state index contributed by atoms with van der Waals surface area (Å²) in [5.74, 6) is 0.502. The van der Waals surface area contributed by atoms with Crippen molar-refractivity contribution in [1.82, 2.24) is 20.3 Å². The molecule has 7 nitrogen and oxygen atoms in total. The maximum atomic E-state index is 11.7. The van der Waals surface area contributed by atoms with Crippen LogP contribution in [0.15, 0.2) is 36.7 Å². The molecule has 4 rings (SSSR count). The maximum Gasteiger partial charge on any atom is 0.354 e. The number of ether oxygens (including phenoxy) is 1. The van der Waals surface area contributed by atoms with Crippen molar-refractivity contribution in [3.8, 4) is 11.3 Å². The molecule has 0 aliphatic carbocycles. The van der Waals surface area contributed by atoms with E-state index in [1.165, 1.54) is 7.11 Å². The number of carbonyl (C=O) groups is 1. The molecule has 1 aliphatic rings. The Morgan fingerprint density at radius 1 is 1.22 bits per heavy atom. The van der Waals surface area contributed by atoms with Gasteiger partial charge in [-0.25, -0.2) is 9.78 Å². The SMILES string of the molecule is COC(=O)c1cc2cc(-c3cncc(N(C)C4CCNCC4)n3)ccc2[nH]1. The van der Waals surface area contributed by atoms with Crippen molar-refractivity contribution in [2.45, 2.75) is 18.9 Å². The molecular weight excluding hydrogens is 342 g/mol. The third-order valence-corrected chi connectivity index (χ3v) is 5.16. The molecule has 2 N–H and O–H groups in total. The largest absolute Gasteiger partial charge is 0.464 e. The lowest BCUT2D eigenvalue weighted by atomic mass is 10.1. The summed E-state index contributed by atoms with van der Waals surface area (Å²) in [6, 6.07) is 8.21. The molecule has 1 fully saturated rings. The number of fused-ring (bicyclic) bond motifs is 1. The molecule has 0 radical (unpaired) electrons. The summed E-state index contributed by atoms with van der Waals surface area (Å²) in [5, 5.41) is 4.33. The first kappa shape index (κ1) is 17.5. The van der Waals surface area contributed by atoms with Gasteiger partial charge in [-0.15, -0.1) is 0 Å². The van der Waals surface area contributed by atoms with Gasteiger partial charge in [-0.05, 0) is 44.1 Å². The standard InChI is InChI=1S/C20H23N5O2/c1-25(15-5-7-21-8-6-15)19-12-22-11-18(24-19)13-3-4-16-14(9-13)10-17(23-16)20(26)27-2/h3-4,9-12,15,21,23H,5-8H2,1-2H3. The molecule has 1 saturated heterocycles. The molecule has 140 valence electrons. The number of H-pyrrole nitrogens is 1. The highest BCUT2D eigenvalue weighted by atomic mass is 16.5. The van der Waals surface area contributed by atoms with Gasteiger partial charge < -0.3 is 19.9 Å². The normalized spacial score (nSPS) is 15.0. The molecule has 2 aromatic heterocycles. The van der Waals surface area contributed by atoms with Crippen LogP contribution in [0.4, 0.5) is 5.82 Å². The van der Waals surface area contributed by atoms with Crippen molar-refractivity contribution in [1.29, 1.82) is 0 Å². The number of methoxy groups -OCH3 is 1. The zero-order valence-corrected chi connectivity index (χ0v) is 15.5. The fourth-order valence-corrected chi connectivity index (χ4v) is 3.56. The number of rotatable bonds is 4. The highest BCUT2D eigenvalue weighted by molar-refractivity contribution is 5.95. The zero-order chi connectivity index (χ0) is 18.8. The van der Waals surface area contributed by atoms with Gasteiger partial charge in [0.2, 0.25) is 0 Å². The lowest BCUT2D eigenvalue weighted by molar-refractivity contribution is 0.0595. The Bertz CT molecular complexity index is 962. The fraction of sp³-hybridized carbons (Fsp3) is 0.350. The molecule has 1 aromatic carbocycles. The fourth-order valence-electron chi connectivity index (χ4n) is 3.56. The van der Waals surface area contributed by atoms with E-state index in [9.17, 15) is 4.79 Å². The quantitative estimate of drug-likeness (QED) is 0.692. The molecular formula is C20H23N5O2.